The Morgan fingerprint density at radius 1 is 1.36 bits per heavy atom. The molecule has 2 aromatic rings. The molecule has 3 rings (SSSR count). The van der Waals surface area contributed by atoms with E-state index >= 15 is 0 Å². The third-order valence-corrected chi connectivity index (χ3v) is 4.85. The zero-order valence-corrected chi connectivity index (χ0v) is 14.5. The van der Waals surface area contributed by atoms with Gasteiger partial charge in [-0.25, -0.2) is 0 Å². The Balaban J connectivity index is 1.89. The lowest BCUT2D eigenvalue weighted by Crippen LogP contribution is -2.41. The Bertz CT molecular complexity index is 705. The SMILES string of the molecule is COc1cccc(C(Cc2ccccn2)N2CCCC(C(=O)O)C2)c1. The molecule has 1 N–H and O–H groups in total. The number of methoxy groups -OCH3 is 1. The average molecular weight is 340 g/mol. The summed E-state index contributed by atoms with van der Waals surface area (Å²) in [6, 6.07) is 14.0. The summed E-state index contributed by atoms with van der Waals surface area (Å²) in [7, 11) is 1.66. The molecule has 1 saturated heterocycles. The second-order valence-electron chi connectivity index (χ2n) is 6.49. The van der Waals surface area contributed by atoms with Crippen molar-refractivity contribution in [3.63, 3.8) is 0 Å². The van der Waals surface area contributed by atoms with Crippen LogP contribution < -0.4 is 4.74 Å². The summed E-state index contributed by atoms with van der Waals surface area (Å²) < 4.78 is 5.37. The second-order valence-corrected chi connectivity index (χ2v) is 6.49. The van der Waals surface area contributed by atoms with E-state index in [4.69, 9.17) is 4.74 Å². The van der Waals surface area contributed by atoms with E-state index in [9.17, 15) is 9.90 Å². The maximum atomic E-state index is 11.5. The third kappa shape index (κ3) is 4.37. The van der Waals surface area contributed by atoms with Gasteiger partial charge in [-0.1, -0.05) is 18.2 Å². The highest BCUT2D eigenvalue weighted by atomic mass is 16.5. The van der Waals surface area contributed by atoms with E-state index in [1.54, 1.807) is 13.3 Å². The van der Waals surface area contributed by atoms with Crippen molar-refractivity contribution >= 4 is 5.97 Å². The number of carbonyl (C=O) groups is 1. The van der Waals surface area contributed by atoms with E-state index in [1.807, 2.05) is 36.4 Å². The zero-order chi connectivity index (χ0) is 17.6. The highest BCUT2D eigenvalue weighted by molar-refractivity contribution is 5.70. The summed E-state index contributed by atoms with van der Waals surface area (Å²) in [5.41, 5.74) is 2.14. The van der Waals surface area contributed by atoms with Gasteiger partial charge in [-0.3, -0.25) is 14.7 Å². The van der Waals surface area contributed by atoms with Gasteiger partial charge in [0.05, 0.1) is 13.0 Å². The number of aliphatic carboxylic acids is 1. The fraction of sp³-hybridized carbons (Fsp3) is 0.400. The van der Waals surface area contributed by atoms with Crippen molar-refractivity contribution in [3.8, 4) is 5.75 Å². The summed E-state index contributed by atoms with van der Waals surface area (Å²) in [5, 5.41) is 9.42. The maximum absolute atomic E-state index is 11.5. The minimum Gasteiger partial charge on any atom is -0.497 e. The number of carboxylic acid groups (broad SMARTS) is 1. The topological polar surface area (TPSA) is 62.7 Å². The highest BCUT2D eigenvalue weighted by Gasteiger charge is 2.30. The number of benzene rings is 1. The number of likely N-dealkylation sites (tertiary alicyclic amines) is 1. The number of aromatic nitrogens is 1. The first-order chi connectivity index (χ1) is 12.2. The number of piperidine rings is 1. The minimum atomic E-state index is -0.702. The molecular weight excluding hydrogens is 316 g/mol. The molecule has 0 bridgehead atoms. The molecule has 5 heteroatoms. The Kier molecular flexibility index (Phi) is 5.66. The second kappa shape index (κ2) is 8.12. The van der Waals surface area contributed by atoms with Crippen LogP contribution in [0.3, 0.4) is 0 Å². The summed E-state index contributed by atoms with van der Waals surface area (Å²) in [5.74, 6) is -0.187. The van der Waals surface area contributed by atoms with Crippen LogP contribution in [0, 0.1) is 5.92 Å². The van der Waals surface area contributed by atoms with Crippen LogP contribution in [0.5, 0.6) is 5.75 Å². The predicted octanol–water partition coefficient (Wildman–Crippen LogP) is 3.17. The van der Waals surface area contributed by atoms with E-state index in [-0.39, 0.29) is 12.0 Å². The van der Waals surface area contributed by atoms with Gasteiger partial charge in [0.2, 0.25) is 0 Å². The molecule has 132 valence electrons. The fourth-order valence-corrected chi connectivity index (χ4v) is 3.51. The Morgan fingerprint density at radius 2 is 2.24 bits per heavy atom. The summed E-state index contributed by atoms with van der Waals surface area (Å²) in [6.45, 7) is 1.47. The Labute approximate surface area is 148 Å². The molecule has 0 amide bonds. The first-order valence-corrected chi connectivity index (χ1v) is 8.68. The van der Waals surface area contributed by atoms with Crippen molar-refractivity contribution in [3.05, 3.63) is 59.9 Å². The number of hydrogen-bond donors (Lipinski definition) is 1. The predicted molar refractivity (Wildman–Crippen MR) is 95.6 cm³/mol. The molecule has 0 spiro atoms. The molecule has 2 heterocycles. The van der Waals surface area contributed by atoms with Crippen LogP contribution in [0.4, 0.5) is 0 Å². The van der Waals surface area contributed by atoms with Crippen LogP contribution in [0.15, 0.2) is 48.7 Å². The lowest BCUT2D eigenvalue weighted by molar-refractivity contribution is -0.144. The van der Waals surface area contributed by atoms with Gasteiger partial charge < -0.3 is 9.84 Å². The van der Waals surface area contributed by atoms with Crippen LogP contribution in [-0.2, 0) is 11.2 Å². The number of hydrogen-bond acceptors (Lipinski definition) is 4. The average Bonchev–Trinajstić information content (AvgIpc) is 2.67. The van der Waals surface area contributed by atoms with Crippen molar-refractivity contribution in [2.24, 2.45) is 5.92 Å². The zero-order valence-electron chi connectivity index (χ0n) is 14.5. The molecule has 5 nitrogen and oxygen atoms in total. The van der Waals surface area contributed by atoms with E-state index in [1.165, 1.54) is 0 Å². The quantitative estimate of drug-likeness (QED) is 0.875. The number of ether oxygens (including phenoxy) is 1. The molecule has 1 aliphatic rings. The normalized spacial score (nSPS) is 19.3. The van der Waals surface area contributed by atoms with Gasteiger partial charge in [-0.05, 0) is 49.2 Å². The van der Waals surface area contributed by atoms with Crippen molar-refractivity contribution in [1.82, 2.24) is 9.88 Å². The third-order valence-electron chi connectivity index (χ3n) is 4.85. The van der Waals surface area contributed by atoms with E-state index in [0.717, 1.165) is 42.8 Å². The lowest BCUT2D eigenvalue weighted by atomic mass is 9.92. The Hall–Kier alpha value is -2.40. The summed E-state index contributed by atoms with van der Waals surface area (Å²) in [6.07, 6.45) is 4.20. The number of carboxylic acids is 1. The molecule has 0 aliphatic carbocycles. The Morgan fingerprint density at radius 3 is 2.96 bits per heavy atom. The summed E-state index contributed by atoms with van der Waals surface area (Å²) in [4.78, 5) is 18.2. The van der Waals surface area contributed by atoms with Crippen LogP contribution in [-0.4, -0.2) is 41.2 Å². The fourth-order valence-electron chi connectivity index (χ4n) is 3.51. The minimum absolute atomic E-state index is 0.0900. The van der Waals surface area contributed by atoms with Crippen LogP contribution in [0.2, 0.25) is 0 Å². The van der Waals surface area contributed by atoms with Gasteiger partial charge in [0.25, 0.3) is 0 Å². The molecule has 0 saturated carbocycles. The van der Waals surface area contributed by atoms with Crippen LogP contribution in [0.1, 0.15) is 30.1 Å². The molecule has 0 radical (unpaired) electrons. The van der Waals surface area contributed by atoms with Gasteiger partial charge >= 0.3 is 5.97 Å². The van der Waals surface area contributed by atoms with E-state index in [0.29, 0.717) is 6.54 Å². The smallest absolute Gasteiger partial charge is 0.307 e. The largest absolute Gasteiger partial charge is 0.497 e. The van der Waals surface area contributed by atoms with Gasteiger partial charge in [0.15, 0.2) is 0 Å². The van der Waals surface area contributed by atoms with Gasteiger partial charge in [-0.15, -0.1) is 0 Å². The van der Waals surface area contributed by atoms with Crippen LogP contribution in [0.25, 0.3) is 0 Å². The lowest BCUT2D eigenvalue weighted by Gasteiger charge is -2.37. The standard InChI is InChI=1S/C20H24N2O3/c1-25-18-9-4-6-15(12-18)19(13-17-8-2-3-10-21-17)22-11-5-7-16(14-22)20(23)24/h2-4,6,8-10,12,16,19H,5,7,11,13-14H2,1H3,(H,23,24). The molecule has 1 aliphatic heterocycles. The van der Waals surface area contributed by atoms with Crippen molar-refractivity contribution in [2.75, 3.05) is 20.2 Å². The number of nitrogens with zero attached hydrogens (tertiary/aromatic N) is 2. The maximum Gasteiger partial charge on any atom is 0.307 e. The van der Waals surface area contributed by atoms with Crippen molar-refractivity contribution in [2.45, 2.75) is 25.3 Å². The van der Waals surface area contributed by atoms with E-state index < -0.39 is 5.97 Å². The van der Waals surface area contributed by atoms with Crippen molar-refractivity contribution < 1.29 is 14.6 Å². The molecule has 1 aromatic heterocycles. The van der Waals surface area contributed by atoms with E-state index in [2.05, 4.69) is 16.0 Å². The molecule has 1 fully saturated rings. The number of rotatable bonds is 6. The van der Waals surface area contributed by atoms with Gasteiger partial charge in [-0.2, -0.15) is 0 Å². The molecule has 2 unspecified atom stereocenters. The van der Waals surface area contributed by atoms with Crippen molar-refractivity contribution in [1.29, 1.82) is 0 Å². The molecule has 1 aromatic carbocycles. The first kappa shape index (κ1) is 17.4. The van der Waals surface area contributed by atoms with Gasteiger partial charge in [0.1, 0.15) is 5.75 Å². The summed E-state index contributed by atoms with van der Waals surface area (Å²) >= 11 is 0. The van der Waals surface area contributed by atoms with Crippen LogP contribution >= 0.6 is 0 Å². The van der Waals surface area contributed by atoms with Gasteiger partial charge in [0, 0.05) is 30.9 Å². The first-order valence-electron chi connectivity index (χ1n) is 8.68. The molecule has 2 atom stereocenters. The highest BCUT2D eigenvalue weighted by Crippen LogP contribution is 2.31. The molecule has 25 heavy (non-hydrogen) atoms. The number of pyridine rings is 1. The monoisotopic (exact) mass is 340 g/mol. The molecular formula is C20H24N2O3.